The van der Waals surface area contributed by atoms with Gasteiger partial charge in [-0.15, -0.1) is 0 Å². The molecule has 3 amide bonds. The standard InChI is InChI=1S/C20H19Cl2N3O2/c21-15-6-2-1-5-14(15)13-24-11-9-20(10-12-24)18(26)23-19(27)25(20)17-8-4-3-7-16(17)22/h1-8H,9-13H2,(H,23,26,27). The average molecular weight is 404 g/mol. The molecular formula is C20H19Cl2N3O2. The minimum Gasteiger partial charge on any atom is -0.299 e. The van der Waals surface area contributed by atoms with E-state index in [-0.39, 0.29) is 5.91 Å². The van der Waals surface area contributed by atoms with Crippen LogP contribution < -0.4 is 10.2 Å². The van der Waals surface area contributed by atoms with Crippen LogP contribution >= 0.6 is 23.2 Å². The number of hydrogen-bond acceptors (Lipinski definition) is 3. The van der Waals surface area contributed by atoms with Crippen molar-refractivity contribution >= 4 is 40.8 Å². The monoisotopic (exact) mass is 403 g/mol. The molecule has 5 nitrogen and oxygen atoms in total. The molecule has 1 spiro atoms. The number of benzene rings is 2. The molecule has 2 aromatic carbocycles. The summed E-state index contributed by atoms with van der Waals surface area (Å²) in [4.78, 5) is 29.1. The summed E-state index contributed by atoms with van der Waals surface area (Å²) in [6.07, 6.45) is 1.08. The number of urea groups is 1. The Bertz CT molecular complexity index is 894. The number of para-hydroxylation sites is 1. The van der Waals surface area contributed by atoms with Crippen molar-refractivity contribution in [2.75, 3.05) is 18.0 Å². The van der Waals surface area contributed by atoms with Gasteiger partial charge in [0.15, 0.2) is 0 Å². The fraction of sp³-hybridized carbons (Fsp3) is 0.300. The Labute approximate surface area is 167 Å². The van der Waals surface area contributed by atoms with Crippen molar-refractivity contribution in [2.24, 2.45) is 0 Å². The number of amides is 3. The van der Waals surface area contributed by atoms with Crippen molar-refractivity contribution < 1.29 is 9.59 Å². The molecule has 0 bridgehead atoms. The Hall–Kier alpha value is -2.08. The second-order valence-corrected chi connectivity index (χ2v) is 7.76. The molecule has 2 heterocycles. The highest BCUT2D eigenvalue weighted by Crippen LogP contribution is 2.40. The van der Waals surface area contributed by atoms with Gasteiger partial charge in [0, 0.05) is 24.7 Å². The third kappa shape index (κ3) is 3.20. The van der Waals surface area contributed by atoms with Crippen molar-refractivity contribution in [3.8, 4) is 0 Å². The fourth-order valence-electron chi connectivity index (χ4n) is 3.94. The van der Waals surface area contributed by atoms with E-state index in [0.29, 0.717) is 36.6 Å². The van der Waals surface area contributed by atoms with Gasteiger partial charge in [-0.1, -0.05) is 53.5 Å². The number of hydrogen-bond donors (Lipinski definition) is 1. The van der Waals surface area contributed by atoms with Gasteiger partial charge in [-0.3, -0.25) is 19.9 Å². The zero-order chi connectivity index (χ0) is 19.0. The average Bonchev–Trinajstić information content (AvgIpc) is 2.89. The molecule has 7 heteroatoms. The SMILES string of the molecule is O=C1NC(=O)C2(CCN(Cc3ccccc3Cl)CC2)N1c1ccccc1Cl. The van der Waals surface area contributed by atoms with Crippen molar-refractivity contribution in [3.63, 3.8) is 0 Å². The largest absolute Gasteiger partial charge is 0.329 e. The first-order chi connectivity index (χ1) is 13.0. The number of piperidine rings is 1. The van der Waals surface area contributed by atoms with Gasteiger partial charge in [0.2, 0.25) is 0 Å². The van der Waals surface area contributed by atoms with Gasteiger partial charge >= 0.3 is 6.03 Å². The molecule has 4 rings (SSSR count). The highest BCUT2D eigenvalue weighted by atomic mass is 35.5. The summed E-state index contributed by atoms with van der Waals surface area (Å²) in [7, 11) is 0. The lowest BCUT2D eigenvalue weighted by Gasteiger charge is -2.42. The summed E-state index contributed by atoms with van der Waals surface area (Å²) in [5.41, 5.74) is 0.742. The van der Waals surface area contributed by atoms with E-state index in [1.807, 2.05) is 30.3 Å². The van der Waals surface area contributed by atoms with E-state index in [1.54, 1.807) is 23.1 Å². The lowest BCUT2D eigenvalue weighted by atomic mass is 9.85. The molecule has 2 fully saturated rings. The molecule has 2 aliphatic rings. The fourth-order valence-corrected chi connectivity index (χ4v) is 4.35. The van der Waals surface area contributed by atoms with Crippen LogP contribution in [-0.4, -0.2) is 35.5 Å². The van der Waals surface area contributed by atoms with E-state index >= 15 is 0 Å². The van der Waals surface area contributed by atoms with E-state index in [1.165, 1.54) is 0 Å². The van der Waals surface area contributed by atoms with Gasteiger partial charge in [-0.25, -0.2) is 4.79 Å². The van der Waals surface area contributed by atoms with Crippen LogP contribution in [0.3, 0.4) is 0 Å². The first-order valence-electron chi connectivity index (χ1n) is 8.87. The van der Waals surface area contributed by atoms with Crippen LogP contribution in [0, 0.1) is 0 Å². The number of nitrogens with one attached hydrogen (secondary N) is 1. The lowest BCUT2D eigenvalue weighted by molar-refractivity contribution is -0.124. The van der Waals surface area contributed by atoms with Crippen LogP contribution in [0.5, 0.6) is 0 Å². The van der Waals surface area contributed by atoms with Crippen LogP contribution in [0.2, 0.25) is 10.0 Å². The normalized spacial score (nSPS) is 19.6. The second kappa shape index (κ2) is 7.15. The first kappa shape index (κ1) is 18.3. The molecule has 2 saturated heterocycles. The van der Waals surface area contributed by atoms with Gasteiger partial charge in [0.25, 0.3) is 5.91 Å². The number of nitrogens with zero attached hydrogens (tertiary/aromatic N) is 2. The number of imide groups is 1. The number of likely N-dealkylation sites (tertiary alicyclic amines) is 1. The van der Waals surface area contributed by atoms with Crippen molar-refractivity contribution in [1.82, 2.24) is 10.2 Å². The smallest absolute Gasteiger partial charge is 0.299 e. The third-order valence-corrected chi connectivity index (χ3v) is 6.09. The van der Waals surface area contributed by atoms with Crippen LogP contribution in [0.1, 0.15) is 18.4 Å². The first-order valence-corrected chi connectivity index (χ1v) is 9.63. The number of rotatable bonds is 3. The molecule has 0 atom stereocenters. The van der Waals surface area contributed by atoms with E-state index < -0.39 is 11.6 Å². The topological polar surface area (TPSA) is 52.7 Å². The summed E-state index contributed by atoms with van der Waals surface area (Å²) in [5.74, 6) is -0.246. The van der Waals surface area contributed by atoms with Crippen LogP contribution in [0.15, 0.2) is 48.5 Å². The molecule has 2 aromatic rings. The predicted octanol–water partition coefficient (Wildman–Crippen LogP) is 4.08. The maximum Gasteiger partial charge on any atom is 0.329 e. The van der Waals surface area contributed by atoms with Gasteiger partial charge < -0.3 is 0 Å². The highest BCUT2D eigenvalue weighted by molar-refractivity contribution is 6.34. The molecule has 0 unspecified atom stereocenters. The van der Waals surface area contributed by atoms with Gasteiger partial charge in [-0.2, -0.15) is 0 Å². The molecule has 0 aromatic heterocycles. The number of anilines is 1. The number of carbonyl (C=O) groups is 2. The zero-order valence-electron chi connectivity index (χ0n) is 14.6. The van der Waals surface area contributed by atoms with Crippen LogP contribution in [0.4, 0.5) is 10.5 Å². The van der Waals surface area contributed by atoms with Gasteiger partial charge in [0.1, 0.15) is 5.54 Å². The van der Waals surface area contributed by atoms with Gasteiger partial charge in [0.05, 0.1) is 10.7 Å². The minimum absolute atomic E-state index is 0.246. The summed E-state index contributed by atoms with van der Waals surface area (Å²) in [6.45, 7) is 2.09. The zero-order valence-corrected chi connectivity index (χ0v) is 16.1. The molecule has 140 valence electrons. The Morgan fingerprint density at radius 1 is 0.926 bits per heavy atom. The summed E-state index contributed by atoms with van der Waals surface area (Å²) < 4.78 is 0. The number of halogens is 2. The van der Waals surface area contributed by atoms with Crippen LogP contribution in [-0.2, 0) is 11.3 Å². The Morgan fingerprint density at radius 2 is 1.56 bits per heavy atom. The van der Waals surface area contributed by atoms with Crippen LogP contribution in [0.25, 0.3) is 0 Å². The van der Waals surface area contributed by atoms with Crippen molar-refractivity contribution in [3.05, 3.63) is 64.1 Å². The van der Waals surface area contributed by atoms with Crippen molar-refractivity contribution in [2.45, 2.75) is 24.9 Å². The highest BCUT2D eigenvalue weighted by Gasteiger charge is 2.55. The maximum absolute atomic E-state index is 12.7. The van der Waals surface area contributed by atoms with E-state index in [0.717, 1.165) is 17.1 Å². The Morgan fingerprint density at radius 3 is 2.22 bits per heavy atom. The minimum atomic E-state index is -0.890. The van der Waals surface area contributed by atoms with Crippen molar-refractivity contribution in [1.29, 1.82) is 0 Å². The third-order valence-electron chi connectivity index (χ3n) is 5.40. The second-order valence-electron chi connectivity index (χ2n) is 6.95. The Kier molecular flexibility index (Phi) is 4.84. The van der Waals surface area contributed by atoms with E-state index in [4.69, 9.17) is 23.2 Å². The van der Waals surface area contributed by atoms with Gasteiger partial charge in [-0.05, 0) is 36.6 Å². The molecule has 2 aliphatic heterocycles. The maximum atomic E-state index is 12.7. The molecule has 0 radical (unpaired) electrons. The molecule has 1 N–H and O–H groups in total. The molecule has 27 heavy (non-hydrogen) atoms. The predicted molar refractivity (Wildman–Crippen MR) is 106 cm³/mol. The molecule has 0 saturated carbocycles. The summed E-state index contributed by atoms with van der Waals surface area (Å²) >= 11 is 12.6. The lowest BCUT2D eigenvalue weighted by Crippen LogP contribution is -2.56. The van der Waals surface area contributed by atoms with E-state index in [9.17, 15) is 9.59 Å². The summed E-state index contributed by atoms with van der Waals surface area (Å²) in [5, 5.41) is 3.68. The van der Waals surface area contributed by atoms with E-state index in [2.05, 4.69) is 10.2 Å². The Balaban J connectivity index is 1.56. The number of carbonyl (C=O) groups excluding carboxylic acids is 2. The summed E-state index contributed by atoms with van der Waals surface area (Å²) in [6, 6.07) is 14.5. The molecule has 0 aliphatic carbocycles. The molecular weight excluding hydrogens is 385 g/mol. The quantitative estimate of drug-likeness (QED) is 0.785.